The Kier molecular flexibility index (Phi) is 2.87. The average Bonchev–Trinajstić information content (AvgIpc) is 2.96. The van der Waals surface area contributed by atoms with E-state index in [4.69, 9.17) is 5.73 Å². The largest absolute Gasteiger partial charge is 0.382 e. The molecule has 0 atom stereocenters. The lowest BCUT2D eigenvalue weighted by Gasteiger charge is -2.06. The number of benzene rings is 1. The van der Waals surface area contributed by atoms with Gasteiger partial charge in [0.15, 0.2) is 5.82 Å². The molecule has 0 amide bonds. The normalized spacial score (nSPS) is 10.8. The van der Waals surface area contributed by atoms with Crippen LogP contribution in [0.4, 0.5) is 5.82 Å². The molecule has 19 heavy (non-hydrogen) atoms. The number of anilines is 1. The highest BCUT2D eigenvalue weighted by atomic mass is 79.9. The van der Waals surface area contributed by atoms with Crippen LogP contribution in [-0.4, -0.2) is 20.4 Å². The first-order chi connectivity index (χ1) is 9.18. The Morgan fingerprint density at radius 3 is 2.63 bits per heavy atom. The molecule has 5 nitrogen and oxygen atoms in total. The Balaban J connectivity index is 2.26. The van der Waals surface area contributed by atoms with Crippen molar-refractivity contribution in [2.24, 2.45) is 0 Å². The van der Waals surface area contributed by atoms with Crippen LogP contribution < -0.4 is 5.73 Å². The standard InChI is InChI=1S/C13H12BrN5/c1-7-9(6-16-17-7)12-11(13(15)19-18-12)8-4-2-3-5-10(8)14/h2-6H,1H3,(H,16,17)(H3,15,18,19). The number of hydrogen-bond donors (Lipinski definition) is 3. The number of H-pyrrole nitrogens is 2. The van der Waals surface area contributed by atoms with Crippen molar-refractivity contribution in [1.82, 2.24) is 20.4 Å². The van der Waals surface area contributed by atoms with Gasteiger partial charge in [-0.1, -0.05) is 34.1 Å². The maximum atomic E-state index is 6.00. The minimum absolute atomic E-state index is 0.475. The van der Waals surface area contributed by atoms with Crippen LogP contribution >= 0.6 is 15.9 Å². The van der Waals surface area contributed by atoms with E-state index in [1.54, 1.807) is 6.20 Å². The fourth-order valence-corrected chi connectivity index (χ4v) is 2.57. The summed E-state index contributed by atoms with van der Waals surface area (Å²) in [6.45, 7) is 1.96. The second-order valence-electron chi connectivity index (χ2n) is 4.25. The molecule has 3 aromatic rings. The maximum Gasteiger partial charge on any atom is 0.153 e. The third-order valence-electron chi connectivity index (χ3n) is 3.04. The number of nitrogens with zero attached hydrogens (tertiary/aromatic N) is 2. The highest BCUT2D eigenvalue weighted by molar-refractivity contribution is 9.10. The zero-order valence-electron chi connectivity index (χ0n) is 10.2. The number of nitrogens with one attached hydrogen (secondary N) is 2. The SMILES string of the molecule is Cc1[nH]ncc1-c1[nH]nc(N)c1-c1ccccc1Br. The minimum Gasteiger partial charge on any atom is -0.382 e. The lowest BCUT2D eigenvalue weighted by Crippen LogP contribution is -1.90. The number of aryl methyl sites for hydroxylation is 1. The smallest absolute Gasteiger partial charge is 0.153 e. The average molecular weight is 318 g/mol. The third-order valence-corrected chi connectivity index (χ3v) is 3.73. The molecule has 4 N–H and O–H groups in total. The molecule has 0 bridgehead atoms. The quantitative estimate of drug-likeness (QED) is 0.679. The summed E-state index contributed by atoms with van der Waals surface area (Å²) in [6, 6.07) is 7.92. The minimum atomic E-state index is 0.475. The van der Waals surface area contributed by atoms with Gasteiger partial charge in [0.25, 0.3) is 0 Å². The molecular formula is C13H12BrN5. The van der Waals surface area contributed by atoms with Crippen LogP contribution in [0, 0.1) is 6.92 Å². The summed E-state index contributed by atoms with van der Waals surface area (Å²) < 4.78 is 0.977. The first kappa shape index (κ1) is 12.0. The molecule has 0 saturated heterocycles. The Hall–Kier alpha value is -2.08. The molecule has 96 valence electrons. The number of hydrogen-bond acceptors (Lipinski definition) is 3. The fourth-order valence-electron chi connectivity index (χ4n) is 2.09. The van der Waals surface area contributed by atoms with E-state index in [0.29, 0.717) is 5.82 Å². The number of rotatable bonds is 2. The maximum absolute atomic E-state index is 6.00. The molecule has 2 aromatic heterocycles. The lowest BCUT2D eigenvalue weighted by atomic mass is 10.0. The van der Waals surface area contributed by atoms with E-state index in [2.05, 4.69) is 36.3 Å². The highest BCUT2D eigenvalue weighted by Crippen LogP contribution is 2.38. The van der Waals surface area contributed by atoms with E-state index >= 15 is 0 Å². The van der Waals surface area contributed by atoms with Gasteiger partial charge in [-0.05, 0) is 13.0 Å². The first-order valence-electron chi connectivity index (χ1n) is 5.77. The molecule has 6 heteroatoms. The van der Waals surface area contributed by atoms with Crippen molar-refractivity contribution in [3.63, 3.8) is 0 Å². The number of nitrogen functional groups attached to an aromatic ring is 1. The van der Waals surface area contributed by atoms with E-state index in [1.165, 1.54) is 0 Å². The number of aromatic nitrogens is 4. The molecule has 0 aliphatic heterocycles. The van der Waals surface area contributed by atoms with Gasteiger partial charge in [0.1, 0.15) is 0 Å². The van der Waals surface area contributed by atoms with Gasteiger partial charge >= 0.3 is 0 Å². The van der Waals surface area contributed by atoms with Crippen molar-refractivity contribution in [2.75, 3.05) is 5.73 Å². The Morgan fingerprint density at radius 2 is 1.95 bits per heavy atom. The molecule has 0 saturated carbocycles. The monoisotopic (exact) mass is 317 g/mol. The second-order valence-corrected chi connectivity index (χ2v) is 5.10. The van der Waals surface area contributed by atoms with E-state index in [1.807, 2.05) is 31.2 Å². The molecule has 0 unspecified atom stereocenters. The van der Waals surface area contributed by atoms with Crippen LogP contribution in [-0.2, 0) is 0 Å². The summed E-state index contributed by atoms with van der Waals surface area (Å²) in [5, 5.41) is 14.1. The molecule has 0 fully saturated rings. The van der Waals surface area contributed by atoms with Gasteiger partial charge in [-0.2, -0.15) is 10.2 Å². The van der Waals surface area contributed by atoms with Gasteiger partial charge in [0, 0.05) is 21.3 Å². The predicted octanol–water partition coefficient (Wildman–Crippen LogP) is 3.12. The molecule has 0 spiro atoms. The summed E-state index contributed by atoms with van der Waals surface area (Å²) in [7, 11) is 0. The topological polar surface area (TPSA) is 83.4 Å². The van der Waals surface area contributed by atoms with Crippen LogP contribution in [0.2, 0.25) is 0 Å². The van der Waals surface area contributed by atoms with Gasteiger partial charge in [-0.3, -0.25) is 10.2 Å². The summed E-state index contributed by atoms with van der Waals surface area (Å²) in [4.78, 5) is 0. The molecule has 1 aromatic carbocycles. The van der Waals surface area contributed by atoms with Crippen molar-refractivity contribution in [1.29, 1.82) is 0 Å². The van der Waals surface area contributed by atoms with Crippen molar-refractivity contribution in [3.05, 3.63) is 40.6 Å². The van der Waals surface area contributed by atoms with Gasteiger partial charge in [-0.25, -0.2) is 0 Å². The number of halogens is 1. The molecule has 0 aliphatic rings. The first-order valence-corrected chi connectivity index (χ1v) is 6.57. The van der Waals surface area contributed by atoms with Crippen LogP contribution in [0.1, 0.15) is 5.69 Å². The summed E-state index contributed by atoms with van der Waals surface area (Å²) in [5.74, 6) is 0.475. The number of aromatic amines is 2. The molecule has 2 heterocycles. The Morgan fingerprint density at radius 1 is 1.16 bits per heavy atom. The van der Waals surface area contributed by atoms with Gasteiger partial charge in [0.05, 0.1) is 17.5 Å². The molecule has 0 aliphatic carbocycles. The van der Waals surface area contributed by atoms with E-state index < -0.39 is 0 Å². The summed E-state index contributed by atoms with van der Waals surface area (Å²) in [6.07, 6.45) is 1.77. The van der Waals surface area contributed by atoms with Crippen molar-refractivity contribution >= 4 is 21.7 Å². The van der Waals surface area contributed by atoms with Gasteiger partial charge in [0.2, 0.25) is 0 Å². The highest BCUT2D eigenvalue weighted by Gasteiger charge is 2.18. The van der Waals surface area contributed by atoms with E-state index in [-0.39, 0.29) is 0 Å². The van der Waals surface area contributed by atoms with Crippen LogP contribution in [0.25, 0.3) is 22.4 Å². The fraction of sp³-hybridized carbons (Fsp3) is 0.0769. The van der Waals surface area contributed by atoms with Crippen molar-refractivity contribution < 1.29 is 0 Å². The van der Waals surface area contributed by atoms with Crippen LogP contribution in [0.3, 0.4) is 0 Å². The van der Waals surface area contributed by atoms with Crippen molar-refractivity contribution in [2.45, 2.75) is 6.92 Å². The van der Waals surface area contributed by atoms with E-state index in [0.717, 1.165) is 32.6 Å². The summed E-state index contributed by atoms with van der Waals surface area (Å²) in [5.41, 5.74) is 10.7. The molecular weight excluding hydrogens is 306 g/mol. The predicted molar refractivity (Wildman–Crippen MR) is 78.5 cm³/mol. The van der Waals surface area contributed by atoms with Crippen LogP contribution in [0.15, 0.2) is 34.9 Å². The molecule has 0 radical (unpaired) electrons. The summed E-state index contributed by atoms with van der Waals surface area (Å²) >= 11 is 3.55. The zero-order valence-corrected chi connectivity index (χ0v) is 11.8. The number of nitrogens with two attached hydrogens (primary N) is 1. The molecule has 3 rings (SSSR count). The van der Waals surface area contributed by atoms with Gasteiger partial charge < -0.3 is 5.73 Å². The van der Waals surface area contributed by atoms with Crippen LogP contribution in [0.5, 0.6) is 0 Å². The second kappa shape index (κ2) is 4.55. The van der Waals surface area contributed by atoms with Crippen molar-refractivity contribution in [3.8, 4) is 22.4 Å². The lowest BCUT2D eigenvalue weighted by molar-refractivity contribution is 1.05. The third kappa shape index (κ3) is 1.94. The Bertz CT molecular complexity index is 728. The zero-order chi connectivity index (χ0) is 13.4. The van der Waals surface area contributed by atoms with E-state index in [9.17, 15) is 0 Å². The Labute approximate surface area is 118 Å². The van der Waals surface area contributed by atoms with Gasteiger partial charge in [-0.15, -0.1) is 0 Å².